The Morgan fingerprint density at radius 3 is 1.86 bits per heavy atom. The lowest BCUT2D eigenvalue weighted by atomic mass is 10.1. The molecule has 0 heterocycles. The van der Waals surface area contributed by atoms with Crippen LogP contribution in [0, 0.1) is 0 Å². The SMILES string of the molecule is Cl[Si](Cl)(Oc1ccccc1-c1ccccc1)c1ccccc1. The quantitative estimate of drug-likeness (QED) is 0.475. The summed E-state index contributed by atoms with van der Waals surface area (Å²) in [7, 11) is 0. The topological polar surface area (TPSA) is 9.23 Å². The lowest BCUT2D eigenvalue weighted by Gasteiger charge is -2.21. The summed E-state index contributed by atoms with van der Waals surface area (Å²) in [4.78, 5) is 0. The van der Waals surface area contributed by atoms with E-state index in [1.165, 1.54) is 0 Å². The third-order valence-corrected chi connectivity index (χ3v) is 6.57. The molecule has 3 aromatic carbocycles. The fourth-order valence-electron chi connectivity index (χ4n) is 2.24. The van der Waals surface area contributed by atoms with Gasteiger partial charge < -0.3 is 4.43 Å². The number of rotatable bonds is 4. The molecule has 0 aliphatic carbocycles. The molecule has 0 aliphatic rings. The summed E-state index contributed by atoms with van der Waals surface area (Å²) in [5, 5.41) is 0.834. The second-order valence-corrected chi connectivity index (χ2v) is 10.4. The van der Waals surface area contributed by atoms with Gasteiger partial charge in [-0.2, -0.15) is 0 Å². The Bertz CT molecular complexity index is 745. The molecule has 4 heteroatoms. The standard InChI is InChI=1S/C18H14Cl2OSi/c19-22(20,16-11-5-2-6-12-16)21-18-14-8-7-13-17(18)15-9-3-1-4-10-15/h1-14H. The number of para-hydroxylation sites is 1. The van der Waals surface area contributed by atoms with Crippen molar-refractivity contribution in [2.45, 2.75) is 0 Å². The Kier molecular flexibility index (Phi) is 4.53. The maximum Gasteiger partial charge on any atom is 0.484 e. The summed E-state index contributed by atoms with van der Waals surface area (Å²) >= 11 is 13.1. The third kappa shape index (κ3) is 3.35. The van der Waals surface area contributed by atoms with E-state index in [9.17, 15) is 0 Å². The average molecular weight is 345 g/mol. The van der Waals surface area contributed by atoms with Gasteiger partial charge in [0.05, 0.1) is 0 Å². The largest absolute Gasteiger partial charge is 0.515 e. The minimum atomic E-state index is -3.04. The molecule has 0 saturated heterocycles. The van der Waals surface area contributed by atoms with Crippen LogP contribution in [0.15, 0.2) is 84.9 Å². The minimum absolute atomic E-state index is 0.703. The van der Waals surface area contributed by atoms with Crippen LogP contribution in [0.25, 0.3) is 11.1 Å². The molecule has 0 aliphatic heterocycles. The van der Waals surface area contributed by atoms with Gasteiger partial charge in [-0.05, 0) is 11.6 Å². The summed E-state index contributed by atoms with van der Waals surface area (Å²) in [5.74, 6) is 0.703. The van der Waals surface area contributed by atoms with Crippen LogP contribution in [0.3, 0.4) is 0 Å². The van der Waals surface area contributed by atoms with E-state index >= 15 is 0 Å². The Hall–Kier alpha value is -1.74. The van der Waals surface area contributed by atoms with E-state index < -0.39 is 6.94 Å². The van der Waals surface area contributed by atoms with Crippen molar-refractivity contribution in [3.8, 4) is 16.9 Å². The molecule has 1 nitrogen and oxygen atoms in total. The van der Waals surface area contributed by atoms with Crippen molar-refractivity contribution < 1.29 is 4.43 Å². The number of halogens is 2. The van der Waals surface area contributed by atoms with Crippen LogP contribution in [0.5, 0.6) is 5.75 Å². The second-order valence-electron chi connectivity index (χ2n) is 4.85. The molecule has 3 aromatic rings. The van der Waals surface area contributed by atoms with Crippen LogP contribution in [0.1, 0.15) is 0 Å². The van der Waals surface area contributed by atoms with Crippen LogP contribution >= 0.6 is 22.2 Å². The molecule has 110 valence electrons. The fourth-order valence-corrected chi connectivity index (χ4v) is 4.65. The monoisotopic (exact) mass is 344 g/mol. The van der Waals surface area contributed by atoms with Crippen LogP contribution in [0.4, 0.5) is 0 Å². The van der Waals surface area contributed by atoms with Crippen molar-refractivity contribution in [1.82, 2.24) is 0 Å². The molecule has 0 saturated carbocycles. The zero-order valence-electron chi connectivity index (χ0n) is 11.7. The third-order valence-electron chi connectivity index (χ3n) is 3.32. The molecule has 0 fully saturated rings. The van der Waals surface area contributed by atoms with Crippen molar-refractivity contribution in [3.63, 3.8) is 0 Å². The van der Waals surface area contributed by atoms with Crippen molar-refractivity contribution >= 4 is 34.3 Å². The summed E-state index contributed by atoms with van der Waals surface area (Å²) in [5.41, 5.74) is 2.06. The van der Waals surface area contributed by atoms with E-state index in [1.54, 1.807) is 0 Å². The van der Waals surface area contributed by atoms with E-state index in [0.717, 1.165) is 16.3 Å². The molecule has 0 amide bonds. The highest BCUT2D eigenvalue weighted by Gasteiger charge is 2.36. The van der Waals surface area contributed by atoms with Gasteiger partial charge in [-0.15, -0.1) is 0 Å². The summed E-state index contributed by atoms with van der Waals surface area (Å²) in [6.07, 6.45) is 0. The van der Waals surface area contributed by atoms with Crippen molar-refractivity contribution in [1.29, 1.82) is 0 Å². The molecule has 0 radical (unpaired) electrons. The zero-order valence-corrected chi connectivity index (χ0v) is 14.3. The van der Waals surface area contributed by atoms with Gasteiger partial charge in [0, 0.05) is 10.8 Å². The maximum atomic E-state index is 6.54. The highest BCUT2D eigenvalue weighted by atomic mass is 35.7. The van der Waals surface area contributed by atoms with E-state index in [4.69, 9.17) is 26.6 Å². The molecular weight excluding hydrogens is 331 g/mol. The van der Waals surface area contributed by atoms with E-state index in [-0.39, 0.29) is 0 Å². The van der Waals surface area contributed by atoms with Gasteiger partial charge in [0.2, 0.25) is 0 Å². The predicted octanol–water partition coefficient (Wildman–Crippen LogP) is 5.06. The number of hydrogen-bond acceptors (Lipinski definition) is 1. The van der Waals surface area contributed by atoms with Crippen LogP contribution in [-0.4, -0.2) is 6.94 Å². The lowest BCUT2D eigenvalue weighted by molar-refractivity contribution is 0.592. The first kappa shape index (κ1) is 15.2. The first-order chi connectivity index (χ1) is 10.7. The zero-order chi connectivity index (χ0) is 15.4. The smallest absolute Gasteiger partial charge is 0.484 e. The lowest BCUT2D eigenvalue weighted by Crippen LogP contribution is -2.43. The highest BCUT2D eigenvalue weighted by Crippen LogP contribution is 2.32. The molecule has 0 bridgehead atoms. The van der Waals surface area contributed by atoms with Gasteiger partial charge in [-0.3, -0.25) is 0 Å². The van der Waals surface area contributed by atoms with Crippen molar-refractivity contribution in [2.24, 2.45) is 0 Å². The van der Waals surface area contributed by atoms with Crippen LogP contribution in [-0.2, 0) is 0 Å². The summed E-state index contributed by atoms with van der Waals surface area (Å²) in [6, 6.07) is 27.4. The van der Waals surface area contributed by atoms with Gasteiger partial charge in [-0.25, -0.2) is 0 Å². The Morgan fingerprint density at radius 1 is 0.636 bits per heavy atom. The molecule has 22 heavy (non-hydrogen) atoms. The van der Waals surface area contributed by atoms with Gasteiger partial charge in [0.1, 0.15) is 5.75 Å². The average Bonchev–Trinajstić information content (AvgIpc) is 2.57. The predicted molar refractivity (Wildman–Crippen MR) is 96.0 cm³/mol. The van der Waals surface area contributed by atoms with Crippen LogP contribution in [0.2, 0.25) is 0 Å². The van der Waals surface area contributed by atoms with Gasteiger partial charge >= 0.3 is 6.94 Å². The second kappa shape index (κ2) is 6.57. The van der Waals surface area contributed by atoms with E-state index in [2.05, 4.69) is 0 Å². The maximum absolute atomic E-state index is 6.54. The van der Waals surface area contributed by atoms with Gasteiger partial charge in [0.25, 0.3) is 0 Å². The molecule has 0 spiro atoms. The van der Waals surface area contributed by atoms with E-state index in [1.807, 2.05) is 84.9 Å². The normalized spacial score (nSPS) is 11.2. The molecule has 0 unspecified atom stereocenters. The first-order valence-corrected chi connectivity index (χ1v) is 10.9. The Balaban J connectivity index is 1.97. The highest BCUT2D eigenvalue weighted by molar-refractivity contribution is 7.48. The molecular formula is C18H14Cl2OSi. The summed E-state index contributed by atoms with van der Waals surface area (Å²) < 4.78 is 6.04. The minimum Gasteiger partial charge on any atom is -0.515 e. The molecule has 0 atom stereocenters. The van der Waals surface area contributed by atoms with Crippen LogP contribution < -0.4 is 9.61 Å². The fraction of sp³-hybridized carbons (Fsp3) is 0. The van der Waals surface area contributed by atoms with Crippen molar-refractivity contribution in [3.05, 3.63) is 84.9 Å². The Labute approximate surface area is 140 Å². The molecule has 3 rings (SSSR count). The summed E-state index contributed by atoms with van der Waals surface area (Å²) in [6.45, 7) is -3.04. The Morgan fingerprint density at radius 2 is 1.18 bits per heavy atom. The van der Waals surface area contributed by atoms with Gasteiger partial charge in [-0.1, -0.05) is 101 Å². The van der Waals surface area contributed by atoms with E-state index in [0.29, 0.717) is 5.75 Å². The number of hydrogen-bond donors (Lipinski definition) is 0. The number of benzene rings is 3. The van der Waals surface area contributed by atoms with Crippen molar-refractivity contribution in [2.75, 3.05) is 0 Å². The first-order valence-electron chi connectivity index (χ1n) is 6.93. The molecule has 0 N–H and O–H groups in total. The van der Waals surface area contributed by atoms with Gasteiger partial charge in [0.15, 0.2) is 0 Å². The molecule has 0 aromatic heterocycles.